The van der Waals surface area contributed by atoms with E-state index in [1.54, 1.807) is 37.4 Å². The highest BCUT2D eigenvalue weighted by Crippen LogP contribution is 2.36. The molecule has 134 valence electrons. The highest BCUT2D eigenvalue weighted by molar-refractivity contribution is 6.00. The summed E-state index contributed by atoms with van der Waals surface area (Å²) in [6.45, 7) is -0.286. The number of fused-ring (bicyclic) bond motifs is 3. The Morgan fingerprint density at radius 2 is 1.56 bits per heavy atom. The molecule has 4 rings (SSSR count). The summed E-state index contributed by atoms with van der Waals surface area (Å²) in [6, 6.07) is 20.4. The smallest absolute Gasteiger partial charge is 0.338 e. The lowest BCUT2D eigenvalue weighted by Crippen LogP contribution is -2.14. The van der Waals surface area contributed by atoms with Crippen molar-refractivity contribution in [2.24, 2.45) is 0 Å². The SMILES string of the molecule is COc1ccc(C(=O)OCC(=O)c2ccc3c(c2)-c2ccccc2C3)cc1. The lowest BCUT2D eigenvalue weighted by atomic mass is 10.0. The van der Waals surface area contributed by atoms with E-state index in [1.165, 1.54) is 11.1 Å². The van der Waals surface area contributed by atoms with Crippen LogP contribution in [-0.4, -0.2) is 25.5 Å². The molecule has 0 aliphatic heterocycles. The standard InChI is InChI=1S/C23H18O4/c1-26-19-10-8-15(9-11-19)23(25)27-14-22(24)18-7-6-17-12-16-4-2-3-5-20(16)21(17)13-18/h2-11,13H,12,14H2,1H3. The highest BCUT2D eigenvalue weighted by Gasteiger charge is 2.20. The van der Waals surface area contributed by atoms with Gasteiger partial charge in [0.1, 0.15) is 5.75 Å². The predicted octanol–water partition coefficient (Wildman–Crippen LogP) is 4.31. The molecule has 0 N–H and O–H groups in total. The maximum Gasteiger partial charge on any atom is 0.338 e. The highest BCUT2D eigenvalue weighted by atomic mass is 16.5. The fraction of sp³-hybridized carbons (Fsp3) is 0.130. The minimum absolute atomic E-state index is 0.218. The van der Waals surface area contributed by atoms with Crippen LogP contribution in [0.5, 0.6) is 5.75 Å². The summed E-state index contributed by atoms with van der Waals surface area (Å²) in [4.78, 5) is 24.6. The third-order valence-corrected chi connectivity index (χ3v) is 4.78. The summed E-state index contributed by atoms with van der Waals surface area (Å²) in [5.41, 5.74) is 5.65. The molecule has 0 fully saturated rings. The molecule has 0 bridgehead atoms. The number of rotatable bonds is 5. The summed E-state index contributed by atoms with van der Waals surface area (Å²) in [5.74, 6) is -0.0948. The third kappa shape index (κ3) is 3.34. The van der Waals surface area contributed by atoms with Gasteiger partial charge in [0, 0.05) is 5.56 Å². The molecule has 4 heteroatoms. The van der Waals surface area contributed by atoms with Gasteiger partial charge in [-0.1, -0.05) is 36.4 Å². The van der Waals surface area contributed by atoms with E-state index in [0.717, 1.165) is 17.5 Å². The van der Waals surface area contributed by atoms with Gasteiger partial charge in [0.15, 0.2) is 12.4 Å². The second kappa shape index (κ2) is 7.08. The van der Waals surface area contributed by atoms with E-state index in [1.807, 2.05) is 24.3 Å². The van der Waals surface area contributed by atoms with Crippen molar-refractivity contribution in [3.63, 3.8) is 0 Å². The molecule has 0 saturated carbocycles. The number of hydrogen-bond acceptors (Lipinski definition) is 4. The Morgan fingerprint density at radius 1 is 0.852 bits per heavy atom. The van der Waals surface area contributed by atoms with Crippen LogP contribution < -0.4 is 4.74 Å². The lowest BCUT2D eigenvalue weighted by Gasteiger charge is -2.07. The number of Topliss-reactive ketones (excluding diaryl/α,β-unsaturated/α-hetero) is 1. The fourth-order valence-electron chi connectivity index (χ4n) is 3.32. The normalized spacial score (nSPS) is 11.4. The first kappa shape index (κ1) is 17.0. The summed E-state index contributed by atoms with van der Waals surface area (Å²) >= 11 is 0. The zero-order chi connectivity index (χ0) is 18.8. The largest absolute Gasteiger partial charge is 0.497 e. The minimum Gasteiger partial charge on any atom is -0.497 e. The van der Waals surface area contributed by atoms with Crippen LogP contribution in [0.1, 0.15) is 31.8 Å². The number of benzene rings is 3. The van der Waals surface area contributed by atoms with Crippen LogP contribution in [0, 0.1) is 0 Å². The van der Waals surface area contributed by atoms with Gasteiger partial charge in [-0.3, -0.25) is 4.79 Å². The number of esters is 1. The van der Waals surface area contributed by atoms with Gasteiger partial charge in [-0.2, -0.15) is 0 Å². The van der Waals surface area contributed by atoms with Crippen molar-refractivity contribution >= 4 is 11.8 Å². The molecular weight excluding hydrogens is 340 g/mol. The van der Waals surface area contributed by atoms with E-state index in [-0.39, 0.29) is 12.4 Å². The fourth-order valence-corrected chi connectivity index (χ4v) is 3.32. The summed E-state index contributed by atoms with van der Waals surface area (Å²) in [5, 5.41) is 0. The van der Waals surface area contributed by atoms with E-state index < -0.39 is 5.97 Å². The number of ketones is 1. The molecule has 3 aromatic carbocycles. The van der Waals surface area contributed by atoms with Gasteiger partial charge < -0.3 is 9.47 Å². The Kier molecular flexibility index (Phi) is 4.47. The lowest BCUT2D eigenvalue weighted by molar-refractivity contribution is 0.0474. The molecule has 0 unspecified atom stereocenters. The van der Waals surface area contributed by atoms with Crippen LogP contribution in [0.3, 0.4) is 0 Å². The quantitative estimate of drug-likeness (QED) is 0.394. The first-order valence-electron chi connectivity index (χ1n) is 8.71. The van der Waals surface area contributed by atoms with Crippen LogP contribution >= 0.6 is 0 Å². The zero-order valence-corrected chi connectivity index (χ0v) is 14.9. The summed E-state index contributed by atoms with van der Waals surface area (Å²) < 4.78 is 10.2. The van der Waals surface area contributed by atoms with Gasteiger partial charge in [-0.05, 0) is 59.0 Å². The summed E-state index contributed by atoms with van der Waals surface area (Å²) in [7, 11) is 1.56. The second-order valence-corrected chi connectivity index (χ2v) is 6.43. The molecule has 0 saturated heterocycles. The monoisotopic (exact) mass is 358 g/mol. The zero-order valence-electron chi connectivity index (χ0n) is 14.9. The van der Waals surface area contributed by atoms with Gasteiger partial charge >= 0.3 is 5.97 Å². The van der Waals surface area contributed by atoms with Gasteiger partial charge in [-0.25, -0.2) is 4.79 Å². The molecule has 3 aromatic rings. The number of carbonyl (C=O) groups excluding carboxylic acids is 2. The van der Waals surface area contributed by atoms with Crippen molar-refractivity contribution in [1.82, 2.24) is 0 Å². The molecule has 4 nitrogen and oxygen atoms in total. The molecule has 0 heterocycles. The molecule has 1 aliphatic rings. The van der Waals surface area contributed by atoms with Gasteiger partial charge in [0.2, 0.25) is 0 Å². The Labute approximate surface area is 157 Å². The molecule has 0 radical (unpaired) electrons. The Balaban J connectivity index is 1.46. The van der Waals surface area contributed by atoms with Crippen molar-refractivity contribution in [3.8, 4) is 16.9 Å². The van der Waals surface area contributed by atoms with E-state index in [2.05, 4.69) is 12.1 Å². The molecule has 0 amide bonds. The van der Waals surface area contributed by atoms with E-state index in [9.17, 15) is 9.59 Å². The first-order chi connectivity index (χ1) is 13.2. The molecule has 27 heavy (non-hydrogen) atoms. The van der Waals surface area contributed by atoms with Gasteiger partial charge in [0.05, 0.1) is 12.7 Å². The predicted molar refractivity (Wildman–Crippen MR) is 102 cm³/mol. The van der Waals surface area contributed by atoms with Crippen LogP contribution in [0.25, 0.3) is 11.1 Å². The topological polar surface area (TPSA) is 52.6 Å². The van der Waals surface area contributed by atoms with Gasteiger partial charge in [-0.15, -0.1) is 0 Å². The van der Waals surface area contributed by atoms with E-state index in [4.69, 9.17) is 9.47 Å². The summed E-state index contributed by atoms with van der Waals surface area (Å²) in [6.07, 6.45) is 0.881. The van der Waals surface area contributed by atoms with Crippen molar-refractivity contribution in [2.75, 3.05) is 13.7 Å². The average Bonchev–Trinajstić information content (AvgIpc) is 3.09. The number of hydrogen-bond donors (Lipinski definition) is 0. The minimum atomic E-state index is -0.530. The number of ether oxygens (including phenoxy) is 2. The molecule has 0 spiro atoms. The molecule has 0 aromatic heterocycles. The number of carbonyl (C=O) groups is 2. The van der Waals surface area contributed by atoms with Crippen molar-refractivity contribution < 1.29 is 19.1 Å². The molecule has 1 aliphatic carbocycles. The van der Waals surface area contributed by atoms with Crippen molar-refractivity contribution in [1.29, 1.82) is 0 Å². The molecular formula is C23H18O4. The van der Waals surface area contributed by atoms with Crippen LogP contribution in [0.15, 0.2) is 66.7 Å². The maximum atomic E-state index is 12.5. The Hall–Kier alpha value is -3.40. The molecule has 0 atom stereocenters. The first-order valence-corrected chi connectivity index (χ1v) is 8.71. The Bertz CT molecular complexity index is 1020. The van der Waals surface area contributed by atoms with Crippen LogP contribution in [-0.2, 0) is 11.2 Å². The number of methoxy groups -OCH3 is 1. The second-order valence-electron chi connectivity index (χ2n) is 6.43. The Morgan fingerprint density at radius 3 is 2.33 bits per heavy atom. The van der Waals surface area contributed by atoms with E-state index in [0.29, 0.717) is 16.9 Å². The van der Waals surface area contributed by atoms with Gasteiger partial charge in [0.25, 0.3) is 0 Å². The average molecular weight is 358 g/mol. The van der Waals surface area contributed by atoms with Crippen LogP contribution in [0.4, 0.5) is 0 Å². The van der Waals surface area contributed by atoms with E-state index >= 15 is 0 Å². The van der Waals surface area contributed by atoms with Crippen molar-refractivity contribution in [2.45, 2.75) is 6.42 Å². The van der Waals surface area contributed by atoms with Crippen LogP contribution in [0.2, 0.25) is 0 Å². The third-order valence-electron chi connectivity index (χ3n) is 4.78. The maximum absolute atomic E-state index is 12.5. The van der Waals surface area contributed by atoms with Crippen molar-refractivity contribution in [3.05, 3.63) is 89.0 Å².